The number of hydrogen-bond acceptors (Lipinski definition) is 5. The van der Waals surface area contributed by atoms with Gasteiger partial charge in [0.25, 0.3) is 0 Å². The number of carbonyl (C=O) groups excluding carboxylic acids is 2. The highest BCUT2D eigenvalue weighted by Gasteiger charge is 2.52. The number of nitrogens with one attached hydrogen (secondary N) is 1. The normalized spacial score (nSPS) is 19.0. The molecule has 0 bridgehead atoms. The Balaban J connectivity index is 1.63. The third kappa shape index (κ3) is 5.17. The highest BCUT2D eigenvalue weighted by atomic mass is 32.2. The van der Waals surface area contributed by atoms with Gasteiger partial charge in [-0.3, -0.25) is 9.59 Å². The van der Waals surface area contributed by atoms with Crippen LogP contribution in [-0.2, 0) is 29.8 Å². The van der Waals surface area contributed by atoms with Gasteiger partial charge in [0.2, 0.25) is 15.9 Å². The number of sulfonamides is 1. The Labute approximate surface area is 172 Å². The quantitative estimate of drug-likeness (QED) is 0.650. The standard InChI is InChI=1S/C21H30N2O5S/c1-3-28-20(25)21(13-14-21)16-9-11-17(12-10-16)22-19(24)15-23(29(2,26)27)18-7-5-4-6-8-18/h9-12,18H,3-8,13-15H2,1-2H3,(H,22,24). The van der Waals surface area contributed by atoms with Gasteiger partial charge >= 0.3 is 5.97 Å². The van der Waals surface area contributed by atoms with Crippen LogP contribution in [0.1, 0.15) is 57.4 Å². The van der Waals surface area contributed by atoms with Crippen molar-refractivity contribution in [3.05, 3.63) is 29.8 Å². The summed E-state index contributed by atoms with van der Waals surface area (Å²) in [5, 5.41) is 2.78. The van der Waals surface area contributed by atoms with Crippen molar-refractivity contribution < 1.29 is 22.7 Å². The number of esters is 1. The lowest BCUT2D eigenvalue weighted by Crippen LogP contribution is -2.45. The average Bonchev–Trinajstić information content (AvgIpc) is 3.49. The minimum Gasteiger partial charge on any atom is -0.465 e. The fourth-order valence-electron chi connectivity index (χ4n) is 4.11. The SMILES string of the molecule is CCOC(=O)C1(c2ccc(NC(=O)CN(C3CCCCC3)S(C)(=O)=O)cc2)CC1. The number of ether oxygens (including phenoxy) is 1. The summed E-state index contributed by atoms with van der Waals surface area (Å²) in [6, 6.07) is 7.05. The van der Waals surface area contributed by atoms with Crippen molar-refractivity contribution in [1.29, 1.82) is 0 Å². The molecule has 1 N–H and O–H groups in total. The van der Waals surface area contributed by atoms with Crippen molar-refractivity contribution in [3.63, 3.8) is 0 Å². The molecule has 3 rings (SSSR count). The van der Waals surface area contributed by atoms with Crippen molar-refractivity contribution in [2.45, 2.75) is 63.3 Å². The lowest BCUT2D eigenvalue weighted by molar-refractivity contribution is -0.146. The Morgan fingerprint density at radius 1 is 1.14 bits per heavy atom. The molecule has 160 valence electrons. The summed E-state index contributed by atoms with van der Waals surface area (Å²) in [7, 11) is -3.46. The van der Waals surface area contributed by atoms with Crippen molar-refractivity contribution in [3.8, 4) is 0 Å². The van der Waals surface area contributed by atoms with Crippen LogP contribution >= 0.6 is 0 Å². The van der Waals surface area contributed by atoms with E-state index < -0.39 is 15.4 Å². The van der Waals surface area contributed by atoms with Crippen LogP contribution in [-0.4, -0.2) is 50.0 Å². The summed E-state index contributed by atoms with van der Waals surface area (Å²) in [5.41, 5.74) is 0.913. The number of rotatable bonds is 8. The summed E-state index contributed by atoms with van der Waals surface area (Å²) in [6.45, 7) is 1.96. The number of anilines is 1. The molecular weight excluding hydrogens is 392 g/mol. The zero-order chi connectivity index (χ0) is 21.1. The summed E-state index contributed by atoms with van der Waals surface area (Å²) < 4.78 is 30.9. The molecule has 7 nitrogen and oxygen atoms in total. The summed E-state index contributed by atoms with van der Waals surface area (Å²) in [4.78, 5) is 24.7. The van der Waals surface area contributed by atoms with E-state index in [1.807, 2.05) is 12.1 Å². The van der Waals surface area contributed by atoms with Gasteiger partial charge in [-0.2, -0.15) is 4.31 Å². The molecule has 1 aromatic rings. The van der Waals surface area contributed by atoms with Gasteiger partial charge in [-0.05, 0) is 50.3 Å². The summed E-state index contributed by atoms with van der Waals surface area (Å²) >= 11 is 0. The van der Waals surface area contributed by atoms with Gasteiger partial charge in [0.1, 0.15) is 0 Å². The lowest BCUT2D eigenvalue weighted by atomic mass is 9.95. The van der Waals surface area contributed by atoms with Crippen molar-refractivity contribution in [2.75, 3.05) is 24.7 Å². The Kier molecular flexibility index (Phi) is 6.63. The molecule has 0 atom stereocenters. The van der Waals surface area contributed by atoms with Crippen LogP contribution in [0.3, 0.4) is 0 Å². The van der Waals surface area contributed by atoms with Crippen LogP contribution in [0.2, 0.25) is 0 Å². The maximum absolute atomic E-state index is 12.5. The second-order valence-corrected chi connectivity index (χ2v) is 9.96. The third-order valence-corrected chi connectivity index (χ3v) is 7.12. The fourth-order valence-corrected chi connectivity index (χ4v) is 5.21. The van der Waals surface area contributed by atoms with Crippen molar-refractivity contribution in [2.24, 2.45) is 0 Å². The van der Waals surface area contributed by atoms with E-state index in [9.17, 15) is 18.0 Å². The monoisotopic (exact) mass is 422 g/mol. The Hall–Kier alpha value is -1.93. The predicted octanol–water partition coefficient (Wildman–Crippen LogP) is 2.81. The Bertz CT molecular complexity index is 840. The topological polar surface area (TPSA) is 92.8 Å². The molecule has 0 aliphatic heterocycles. The van der Waals surface area contributed by atoms with E-state index in [1.165, 1.54) is 4.31 Å². The number of nitrogens with zero attached hydrogens (tertiary/aromatic N) is 1. The minimum absolute atomic E-state index is 0.105. The van der Waals surface area contributed by atoms with Crippen LogP contribution in [0.25, 0.3) is 0 Å². The lowest BCUT2D eigenvalue weighted by Gasteiger charge is -2.31. The molecule has 2 saturated carbocycles. The second-order valence-electron chi connectivity index (χ2n) is 8.03. The third-order valence-electron chi connectivity index (χ3n) is 5.84. The van der Waals surface area contributed by atoms with Crippen molar-refractivity contribution in [1.82, 2.24) is 4.31 Å². The molecule has 1 amide bonds. The van der Waals surface area contributed by atoms with Gasteiger partial charge < -0.3 is 10.1 Å². The number of hydrogen-bond donors (Lipinski definition) is 1. The van der Waals surface area contributed by atoms with E-state index in [2.05, 4.69) is 5.32 Å². The molecule has 2 aliphatic carbocycles. The molecule has 0 spiro atoms. The zero-order valence-corrected chi connectivity index (χ0v) is 18.0. The van der Waals surface area contributed by atoms with Gasteiger partial charge in [0, 0.05) is 11.7 Å². The molecule has 0 aromatic heterocycles. The van der Waals surface area contributed by atoms with E-state index in [0.717, 1.165) is 56.8 Å². The maximum atomic E-state index is 12.5. The highest BCUT2D eigenvalue weighted by molar-refractivity contribution is 7.88. The van der Waals surface area contributed by atoms with Gasteiger partial charge in [-0.1, -0.05) is 31.4 Å². The van der Waals surface area contributed by atoms with Gasteiger partial charge in [-0.25, -0.2) is 8.42 Å². The van der Waals surface area contributed by atoms with Crippen LogP contribution in [0.4, 0.5) is 5.69 Å². The minimum atomic E-state index is -3.46. The molecule has 0 unspecified atom stereocenters. The first kappa shape index (κ1) is 21.8. The maximum Gasteiger partial charge on any atom is 0.316 e. The van der Waals surface area contributed by atoms with Crippen LogP contribution in [0.5, 0.6) is 0 Å². The average molecular weight is 423 g/mol. The molecule has 29 heavy (non-hydrogen) atoms. The van der Waals surface area contributed by atoms with Gasteiger partial charge in [0.15, 0.2) is 0 Å². The zero-order valence-electron chi connectivity index (χ0n) is 17.1. The van der Waals surface area contributed by atoms with Gasteiger partial charge in [-0.15, -0.1) is 0 Å². The van der Waals surface area contributed by atoms with E-state index in [1.54, 1.807) is 19.1 Å². The van der Waals surface area contributed by atoms with Crippen LogP contribution in [0, 0.1) is 0 Å². The van der Waals surface area contributed by atoms with Crippen molar-refractivity contribution >= 4 is 27.6 Å². The smallest absolute Gasteiger partial charge is 0.316 e. The van der Waals surface area contributed by atoms with E-state index >= 15 is 0 Å². The predicted molar refractivity (Wildman–Crippen MR) is 111 cm³/mol. The molecule has 0 heterocycles. The molecule has 0 saturated heterocycles. The highest BCUT2D eigenvalue weighted by Crippen LogP contribution is 2.49. The summed E-state index contributed by atoms with van der Waals surface area (Å²) in [6.07, 6.45) is 7.37. The molecular formula is C21H30N2O5S. The first-order valence-corrected chi connectivity index (χ1v) is 12.2. The van der Waals surface area contributed by atoms with Gasteiger partial charge in [0.05, 0.1) is 24.8 Å². The van der Waals surface area contributed by atoms with E-state index in [0.29, 0.717) is 12.3 Å². The second kappa shape index (κ2) is 8.83. The molecule has 0 radical (unpaired) electrons. The number of carbonyl (C=O) groups is 2. The molecule has 2 fully saturated rings. The molecule has 2 aliphatic rings. The van der Waals surface area contributed by atoms with Crippen LogP contribution < -0.4 is 5.32 Å². The summed E-state index contributed by atoms with van der Waals surface area (Å²) in [5.74, 6) is -0.562. The molecule has 8 heteroatoms. The fraction of sp³-hybridized carbons (Fsp3) is 0.619. The number of amides is 1. The van der Waals surface area contributed by atoms with E-state index in [-0.39, 0.29) is 24.5 Å². The first-order chi connectivity index (χ1) is 13.8. The molecule has 1 aromatic carbocycles. The number of benzene rings is 1. The van der Waals surface area contributed by atoms with Crippen LogP contribution in [0.15, 0.2) is 24.3 Å². The van der Waals surface area contributed by atoms with E-state index in [4.69, 9.17) is 4.74 Å². The largest absolute Gasteiger partial charge is 0.465 e. The Morgan fingerprint density at radius 2 is 1.76 bits per heavy atom. The first-order valence-electron chi connectivity index (χ1n) is 10.3. The Morgan fingerprint density at radius 3 is 2.28 bits per heavy atom.